The van der Waals surface area contributed by atoms with Gasteiger partial charge in [-0.1, -0.05) is 32.1 Å². The molecular formula is C20H32NO6P. The van der Waals surface area contributed by atoms with Gasteiger partial charge in [0.25, 0.3) is 0 Å². The van der Waals surface area contributed by atoms with Crippen molar-refractivity contribution in [3.05, 3.63) is 35.9 Å². The van der Waals surface area contributed by atoms with Crippen LogP contribution in [0.25, 0.3) is 0 Å². The van der Waals surface area contributed by atoms with E-state index in [9.17, 15) is 4.79 Å². The predicted octanol–water partition coefficient (Wildman–Crippen LogP) is 4.04. The van der Waals surface area contributed by atoms with E-state index in [1.807, 2.05) is 6.07 Å². The van der Waals surface area contributed by atoms with E-state index >= 15 is 0 Å². The van der Waals surface area contributed by atoms with Crippen LogP contribution in [-0.2, 0) is 15.9 Å². The van der Waals surface area contributed by atoms with Gasteiger partial charge >= 0.3 is 8.60 Å². The van der Waals surface area contributed by atoms with Gasteiger partial charge in [0.05, 0.1) is 7.11 Å². The van der Waals surface area contributed by atoms with Crippen LogP contribution in [0.3, 0.4) is 0 Å². The molecule has 1 unspecified atom stereocenters. The first-order valence-electron chi connectivity index (χ1n) is 9.43. The highest BCUT2D eigenvalue weighted by molar-refractivity contribution is 7.39. The lowest BCUT2D eigenvalue weighted by molar-refractivity contribution is -0.121. The second kappa shape index (κ2) is 13.5. The first-order valence-corrected chi connectivity index (χ1v) is 10.6. The van der Waals surface area contributed by atoms with Crippen molar-refractivity contribution in [1.29, 1.82) is 0 Å². The maximum Gasteiger partial charge on any atom is 0.330 e. The Hall–Kier alpha value is -1.66. The van der Waals surface area contributed by atoms with Gasteiger partial charge in [-0.15, -0.1) is 0 Å². The second-order valence-corrected chi connectivity index (χ2v) is 7.44. The van der Waals surface area contributed by atoms with Gasteiger partial charge in [0.1, 0.15) is 0 Å². The van der Waals surface area contributed by atoms with Gasteiger partial charge in [0, 0.05) is 13.0 Å². The van der Waals surface area contributed by atoms with Gasteiger partial charge in [-0.3, -0.25) is 9.32 Å². The molecule has 0 saturated heterocycles. The first-order chi connectivity index (χ1) is 13.3. The van der Waals surface area contributed by atoms with Crippen molar-refractivity contribution in [3.63, 3.8) is 0 Å². The van der Waals surface area contributed by atoms with E-state index in [-0.39, 0.29) is 5.91 Å². The average Bonchev–Trinajstić information content (AvgIpc) is 2.62. The molecule has 1 rings (SSSR count). The number of methoxy groups -OCH3 is 1. The topological polar surface area (TPSA) is 97.3 Å². The van der Waals surface area contributed by atoms with Crippen molar-refractivity contribution in [1.82, 2.24) is 5.32 Å². The zero-order valence-electron chi connectivity index (χ0n) is 17.1. The van der Waals surface area contributed by atoms with E-state index in [2.05, 4.69) is 31.3 Å². The van der Waals surface area contributed by atoms with Gasteiger partial charge in [0.15, 0.2) is 11.5 Å². The quantitative estimate of drug-likeness (QED) is 0.195. The van der Waals surface area contributed by atoms with Crippen LogP contribution in [0.2, 0.25) is 0 Å². The second-order valence-electron chi connectivity index (χ2n) is 6.72. The molecule has 0 heterocycles. The minimum atomic E-state index is -2.50. The Labute approximate surface area is 168 Å². The first kappa shape index (κ1) is 24.4. The molecule has 0 aliphatic rings. The largest absolute Gasteiger partial charge is 0.493 e. The SMILES string of the molecule is COc1cc(CNC(=O)CCCC/C=C/C(C)C)ccc1OC(C)OP(O)O. The van der Waals surface area contributed by atoms with E-state index < -0.39 is 14.9 Å². The van der Waals surface area contributed by atoms with Crippen molar-refractivity contribution in [2.24, 2.45) is 5.92 Å². The number of ether oxygens (including phenoxy) is 2. The minimum Gasteiger partial charge on any atom is -0.493 e. The molecule has 0 radical (unpaired) electrons. The fraction of sp³-hybridized carbons (Fsp3) is 0.550. The number of rotatable bonds is 13. The van der Waals surface area contributed by atoms with Gasteiger partial charge in [-0.25, -0.2) is 0 Å². The predicted molar refractivity (Wildman–Crippen MR) is 110 cm³/mol. The molecule has 0 fully saturated rings. The third kappa shape index (κ3) is 10.6. The average molecular weight is 413 g/mol. The summed E-state index contributed by atoms with van der Waals surface area (Å²) in [6.07, 6.45) is 6.89. The third-order valence-electron chi connectivity index (χ3n) is 3.80. The molecular weight excluding hydrogens is 381 g/mol. The smallest absolute Gasteiger partial charge is 0.330 e. The molecule has 1 aromatic rings. The van der Waals surface area contributed by atoms with Crippen molar-refractivity contribution < 1.29 is 28.6 Å². The maximum atomic E-state index is 12.0. The molecule has 7 nitrogen and oxygen atoms in total. The van der Waals surface area contributed by atoms with E-state index in [4.69, 9.17) is 23.8 Å². The summed E-state index contributed by atoms with van der Waals surface area (Å²) in [6.45, 7) is 6.24. The van der Waals surface area contributed by atoms with E-state index in [1.165, 1.54) is 7.11 Å². The Balaban J connectivity index is 2.42. The zero-order valence-corrected chi connectivity index (χ0v) is 17.9. The Morgan fingerprint density at radius 1 is 1.21 bits per heavy atom. The number of benzene rings is 1. The highest BCUT2D eigenvalue weighted by atomic mass is 31.2. The molecule has 0 spiro atoms. The number of carbonyl (C=O) groups excluding carboxylic acids is 1. The summed E-state index contributed by atoms with van der Waals surface area (Å²) in [5.41, 5.74) is 0.873. The molecule has 1 amide bonds. The van der Waals surface area contributed by atoms with Crippen LogP contribution in [0.1, 0.15) is 52.0 Å². The van der Waals surface area contributed by atoms with Crippen LogP contribution in [0.15, 0.2) is 30.4 Å². The number of nitrogens with one attached hydrogen (secondary N) is 1. The summed E-state index contributed by atoms with van der Waals surface area (Å²) in [4.78, 5) is 29.7. The summed E-state index contributed by atoms with van der Waals surface area (Å²) < 4.78 is 15.6. The molecule has 0 bridgehead atoms. The van der Waals surface area contributed by atoms with Crippen LogP contribution in [0, 0.1) is 5.92 Å². The number of hydrogen-bond acceptors (Lipinski definition) is 6. The molecule has 28 heavy (non-hydrogen) atoms. The molecule has 0 aromatic heterocycles. The molecule has 1 atom stereocenters. The van der Waals surface area contributed by atoms with E-state index in [1.54, 1.807) is 19.1 Å². The van der Waals surface area contributed by atoms with Gasteiger partial charge in [-0.05, 0) is 49.8 Å². The fourth-order valence-corrected chi connectivity index (χ4v) is 2.77. The van der Waals surface area contributed by atoms with Crippen LogP contribution in [0.5, 0.6) is 11.5 Å². The fourth-order valence-electron chi connectivity index (χ4n) is 2.46. The molecule has 3 N–H and O–H groups in total. The highest BCUT2D eigenvalue weighted by Crippen LogP contribution is 2.32. The minimum absolute atomic E-state index is 0.0217. The summed E-state index contributed by atoms with van der Waals surface area (Å²) in [5, 5.41) is 2.90. The van der Waals surface area contributed by atoms with Crippen molar-refractivity contribution in [3.8, 4) is 11.5 Å². The number of allylic oxidation sites excluding steroid dienone is 2. The van der Waals surface area contributed by atoms with Gasteiger partial charge < -0.3 is 24.6 Å². The van der Waals surface area contributed by atoms with Crippen molar-refractivity contribution in [2.75, 3.05) is 7.11 Å². The van der Waals surface area contributed by atoms with Crippen LogP contribution in [-0.4, -0.2) is 29.1 Å². The highest BCUT2D eigenvalue weighted by Gasteiger charge is 2.14. The van der Waals surface area contributed by atoms with E-state index in [0.717, 1.165) is 24.8 Å². The van der Waals surface area contributed by atoms with Crippen molar-refractivity contribution >= 4 is 14.5 Å². The van der Waals surface area contributed by atoms with E-state index in [0.29, 0.717) is 30.4 Å². The number of amides is 1. The van der Waals surface area contributed by atoms with Crippen LogP contribution >= 0.6 is 8.60 Å². The third-order valence-corrected chi connectivity index (χ3v) is 4.28. The number of hydrogen-bond donors (Lipinski definition) is 3. The van der Waals surface area contributed by atoms with Gasteiger partial charge in [0.2, 0.25) is 12.2 Å². The summed E-state index contributed by atoms with van der Waals surface area (Å²) >= 11 is 0. The lowest BCUT2D eigenvalue weighted by Crippen LogP contribution is -2.22. The molecule has 8 heteroatoms. The Morgan fingerprint density at radius 3 is 2.61 bits per heavy atom. The maximum absolute atomic E-state index is 12.0. The number of carbonyl (C=O) groups is 1. The number of unbranched alkanes of at least 4 members (excludes halogenated alkanes) is 2. The monoisotopic (exact) mass is 413 g/mol. The van der Waals surface area contributed by atoms with Crippen molar-refractivity contribution in [2.45, 2.75) is 59.3 Å². The summed E-state index contributed by atoms with van der Waals surface area (Å²) in [6, 6.07) is 5.26. The lowest BCUT2D eigenvalue weighted by Gasteiger charge is -2.17. The molecule has 0 aliphatic carbocycles. The molecule has 1 aromatic carbocycles. The van der Waals surface area contributed by atoms with Crippen LogP contribution in [0.4, 0.5) is 0 Å². The standard InChI is InChI=1S/C20H32NO6P/c1-15(2)9-7-5-6-8-10-20(22)21-14-17-11-12-18(19(13-17)25-4)26-16(3)27-28(23)24/h7,9,11-13,15-16,23-24H,5-6,8,10,14H2,1-4H3,(H,21,22)/b9-7+. The Morgan fingerprint density at radius 2 is 1.96 bits per heavy atom. The zero-order chi connectivity index (χ0) is 20.9. The molecule has 0 saturated carbocycles. The normalized spacial score (nSPS) is 12.6. The lowest BCUT2D eigenvalue weighted by atomic mass is 10.1. The summed E-state index contributed by atoms with van der Waals surface area (Å²) in [7, 11) is -0.990. The van der Waals surface area contributed by atoms with Gasteiger partial charge in [-0.2, -0.15) is 0 Å². The Kier molecular flexibility index (Phi) is 11.8. The Bertz CT molecular complexity index is 621. The molecule has 158 valence electrons. The summed E-state index contributed by atoms with van der Waals surface area (Å²) in [5.74, 6) is 1.47. The molecule has 0 aliphatic heterocycles. The van der Waals surface area contributed by atoms with Crippen LogP contribution < -0.4 is 14.8 Å².